The van der Waals surface area contributed by atoms with Crippen LogP contribution in [0.25, 0.3) is 0 Å². The Morgan fingerprint density at radius 1 is 1.16 bits per heavy atom. The molecule has 0 spiro atoms. The van der Waals surface area contributed by atoms with Gasteiger partial charge in [-0.05, 0) is 44.4 Å². The molecule has 3 aliphatic rings. The molecular formula is C23H27N5O3. The highest BCUT2D eigenvalue weighted by molar-refractivity contribution is 6.14. The van der Waals surface area contributed by atoms with Gasteiger partial charge in [0, 0.05) is 37.8 Å². The van der Waals surface area contributed by atoms with E-state index in [2.05, 4.69) is 33.9 Å². The molecule has 1 N–H and O–H groups in total. The highest BCUT2D eigenvalue weighted by Gasteiger charge is 2.40. The molecule has 0 radical (unpaired) electrons. The molecule has 1 aliphatic carbocycles. The van der Waals surface area contributed by atoms with E-state index >= 15 is 0 Å². The zero-order valence-corrected chi connectivity index (χ0v) is 17.9. The molecule has 3 heterocycles. The van der Waals surface area contributed by atoms with Gasteiger partial charge in [0.1, 0.15) is 29.6 Å². The summed E-state index contributed by atoms with van der Waals surface area (Å²) in [6.07, 6.45) is 2.80. The van der Waals surface area contributed by atoms with Crippen molar-refractivity contribution in [1.82, 2.24) is 14.9 Å². The summed E-state index contributed by atoms with van der Waals surface area (Å²) in [4.78, 5) is 29.5. The van der Waals surface area contributed by atoms with Gasteiger partial charge in [-0.3, -0.25) is 9.79 Å². The number of aliphatic hydroxyl groups is 1. The first-order valence-electron chi connectivity index (χ1n) is 10.8. The Balaban J connectivity index is 1.33. The van der Waals surface area contributed by atoms with Crippen molar-refractivity contribution in [2.75, 3.05) is 31.1 Å². The minimum atomic E-state index is -0.964. The molecule has 2 aliphatic heterocycles. The first kappa shape index (κ1) is 19.9. The van der Waals surface area contributed by atoms with Crippen LogP contribution in [0, 0.1) is 0 Å². The molecule has 31 heavy (non-hydrogen) atoms. The molecule has 1 unspecified atom stereocenters. The van der Waals surface area contributed by atoms with Crippen molar-refractivity contribution in [3.8, 4) is 5.75 Å². The lowest BCUT2D eigenvalue weighted by Gasteiger charge is -2.36. The second-order valence-electron chi connectivity index (χ2n) is 8.79. The van der Waals surface area contributed by atoms with E-state index in [4.69, 9.17) is 9.73 Å². The third kappa shape index (κ3) is 3.99. The highest BCUT2D eigenvalue weighted by Crippen LogP contribution is 2.40. The van der Waals surface area contributed by atoms with Crippen molar-refractivity contribution in [2.24, 2.45) is 4.99 Å². The van der Waals surface area contributed by atoms with Crippen LogP contribution in [-0.2, 0) is 11.3 Å². The summed E-state index contributed by atoms with van der Waals surface area (Å²) >= 11 is 0. The lowest BCUT2D eigenvalue weighted by atomic mass is 10.0. The molecule has 8 heteroatoms. The standard InChI is InChI=1S/C23H27N5O3/c1-15(29)22(30)28-9-7-27(8-10-28)20-12-19(25-14-26-20)21-18-11-17(31-23(2)5-6-23)4-3-16(18)13-24-21/h3-4,11-12,14-15,29H,5-10,13H2,1-2H3. The maximum atomic E-state index is 12.0. The van der Waals surface area contributed by atoms with Crippen LogP contribution in [0.5, 0.6) is 5.75 Å². The predicted octanol–water partition coefficient (Wildman–Crippen LogP) is 1.79. The van der Waals surface area contributed by atoms with Gasteiger partial charge in [-0.15, -0.1) is 0 Å². The molecule has 2 fully saturated rings. The number of aliphatic hydroxyl groups excluding tert-OH is 1. The molecule has 1 amide bonds. The van der Waals surface area contributed by atoms with Crippen molar-refractivity contribution in [1.29, 1.82) is 0 Å². The minimum absolute atomic E-state index is 0.0242. The molecule has 8 nitrogen and oxygen atoms in total. The summed E-state index contributed by atoms with van der Waals surface area (Å²) in [5.74, 6) is 1.47. The largest absolute Gasteiger partial charge is 0.488 e. The van der Waals surface area contributed by atoms with Crippen LogP contribution < -0.4 is 9.64 Å². The van der Waals surface area contributed by atoms with Gasteiger partial charge < -0.3 is 19.6 Å². The SMILES string of the molecule is CC(O)C(=O)N1CCN(c2cc(C3=NCc4ccc(OC5(C)CC5)cc43)ncn2)CC1. The molecule has 1 atom stereocenters. The number of carbonyl (C=O) groups is 1. The molecule has 1 saturated heterocycles. The topological polar surface area (TPSA) is 91.2 Å². The number of aliphatic imine (C=N–C) groups is 1. The van der Waals surface area contributed by atoms with Crippen LogP contribution in [0.15, 0.2) is 35.6 Å². The van der Waals surface area contributed by atoms with E-state index < -0.39 is 6.10 Å². The van der Waals surface area contributed by atoms with Crippen molar-refractivity contribution in [3.63, 3.8) is 0 Å². The van der Waals surface area contributed by atoms with Gasteiger partial charge in [-0.25, -0.2) is 9.97 Å². The number of nitrogens with zero attached hydrogens (tertiary/aromatic N) is 5. The lowest BCUT2D eigenvalue weighted by molar-refractivity contribution is -0.139. The maximum absolute atomic E-state index is 12.0. The van der Waals surface area contributed by atoms with E-state index in [9.17, 15) is 9.90 Å². The zero-order chi connectivity index (χ0) is 21.6. The van der Waals surface area contributed by atoms with E-state index in [1.54, 1.807) is 11.2 Å². The van der Waals surface area contributed by atoms with E-state index in [0.717, 1.165) is 41.4 Å². The minimum Gasteiger partial charge on any atom is -0.488 e. The van der Waals surface area contributed by atoms with E-state index in [-0.39, 0.29) is 11.5 Å². The van der Waals surface area contributed by atoms with Crippen molar-refractivity contribution in [2.45, 2.75) is 44.9 Å². The van der Waals surface area contributed by atoms with Crippen LogP contribution in [0.1, 0.15) is 43.5 Å². The van der Waals surface area contributed by atoms with Gasteiger partial charge in [0.25, 0.3) is 5.91 Å². The number of rotatable bonds is 5. The fraction of sp³-hybridized carbons (Fsp3) is 0.478. The fourth-order valence-corrected chi connectivity index (χ4v) is 4.08. The molecule has 2 aromatic rings. The van der Waals surface area contributed by atoms with Gasteiger partial charge in [0.05, 0.1) is 18.0 Å². The van der Waals surface area contributed by atoms with Crippen molar-refractivity contribution >= 4 is 17.4 Å². The smallest absolute Gasteiger partial charge is 0.251 e. The Kier molecular flexibility index (Phi) is 4.89. The number of amides is 1. The Morgan fingerprint density at radius 2 is 1.94 bits per heavy atom. The fourth-order valence-electron chi connectivity index (χ4n) is 4.08. The first-order valence-corrected chi connectivity index (χ1v) is 10.8. The third-order valence-corrected chi connectivity index (χ3v) is 6.23. The molecular weight excluding hydrogens is 394 g/mol. The number of anilines is 1. The van der Waals surface area contributed by atoms with Gasteiger partial charge in [0.15, 0.2) is 0 Å². The monoisotopic (exact) mass is 421 g/mol. The number of hydrogen-bond acceptors (Lipinski definition) is 7. The highest BCUT2D eigenvalue weighted by atomic mass is 16.5. The summed E-state index contributed by atoms with van der Waals surface area (Å²) in [7, 11) is 0. The van der Waals surface area contributed by atoms with Crippen LogP contribution >= 0.6 is 0 Å². The molecule has 5 rings (SSSR count). The van der Waals surface area contributed by atoms with E-state index in [1.807, 2.05) is 12.1 Å². The van der Waals surface area contributed by atoms with Gasteiger partial charge in [-0.2, -0.15) is 0 Å². The quantitative estimate of drug-likeness (QED) is 0.792. The third-order valence-electron chi connectivity index (χ3n) is 6.23. The number of aromatic nitrogens is 2. The number of piperazine rings is 1. The maximum Gasteiger partial charge on any atom is 0.251 e. The van der Waals surface area contributed by atoms with Gasteiger partial charge in [0.2, 0.25) is 0 Å². The van der Waals surface area contributed by atoms with Crippen molar-refractivity contribution in [3.05, 3.63) is 47.4 Å². The molecule has 1 aromatic heterocycles. The van der Waals surface area contributed by atoms with Gasteiger partial charge in [-0.1, -0.05) is 6.07 Å². The summed E-state index contributed by atoms with van der Waals surface area (Å²) in [6.45, 7) is 6.73. The average molecular weight is 422 g/mol. The molecule has 1 saturated carbocycles. The van der Waals surface area contributed by atoms with Crippen LogP contribution in [0.4, 0.5) is 5.82 Å². The van der Waals surface area contributed by atoms with E-state index in [1.165, 1.54) is 12.5 Å². The molecule has 1 aromatic carbocycles. The summed E-state index contributed by atoms with van der Waals surface area (Å²) in [5.41, 5.74) is 3.88. The lowest BCUT2D eigenvalue weighted by Crippen LogP contribution is -2.51. The first-order chi connectivity index (χ1) is 14.9. The average Bonchev–Trinajstić information content (AvgIpc) is 3.35. The van der Waals surface area contributed by atoms with Crippen LogP contribution in [-0.4, -0.2) is 69.5 Å². The van der Waals surface area contributed by atoms with Crippen LogP contribution in [0.3, 0.4) is 0 Å². The number of benzene rings is 1. The Morgan fingerprint density at radius 3 is 2.65 bits per heavy atom. The summed E-state index contributed by atoms with van der Waals surface area (Å²) < 4.78 is 6.14. The van der Waals surface area contributed by atoms with Crippen molar-refractivity contribution < 1.29 is 14.6 Å². The Bertz CT molecular complexity index is 1040. The number of carbonyl (C=O) groups excluding carboxylic acids is 1. The Hall–Kier alpha value is -3.00. The van der Waals surface area contributed by atoms with Gasteiger partial charge >= 0.3 is 0 Å². The molecule has 0 bridgehead atoms. The number of ether oxygens (including phenoxy) is 1. The number of fused-ring (bicyclic) bond motifs is 1. The second-order valence-corrected chi connectivity index (χ2v) is 8.79. The van der Waals surface area contributed by atoms with E-state index in [0.29, 0.717) is 32.7 Å². The summed E-state index contributed by atoms with van der Waals surface area (Å²) in [5, 5.41) is 9.53. The summed E-state index contributed by atoms with van der Waals surface area (Å²) in [6, 6.07) is 8.16. The number of hydrogen-bond donors (Lipinski definition) is 1. The zero-order valence-electron chi connectivity index (χ0n) is 17.9. The predicted molar refractivity (Wildman–Crippen MR) is 117 cm³/mol. The normalized spacial score (nSPS) is 20.2. The Labute approximate surface area is 181 Å². The molecule has 162 valence electrons. The van der Waals surface area contributed by atoms with Crippen LogP contribution in [0.2, 0.25) is 0 Å². The second kappa shape index (κ2) is 7.60.